The van der Waals surface area contributed by atoms with Gasteiger partial charge in [0.15, 0.2) is 5.11 Å². The molecule has 0 radical (unpaired) electrons. The van der Waals surface area contributed by atoms with Crippen LogP contribution in [0.3, 0.4) is 0 Å². The second-order valence-corrected chi connectivity index (χ2v) is 4.35. The summed E-state index contributed by atoms with van der Waals surface area (Å²) in [5, 5.41) is 9.12. The van der Waals surface area contributed by atoms with Crippen LogP contribution < -0.4 is 16.0 Å². The Balaban J connectivity index is 2.16. The van der Waals surface area contributed by atoms with Crippen molar-refractivity contribution in [1.82, 2.24) is 16.0 Å². The van der Waals surface area contributed by atoms with Gasteiger partial charge in [0, 0.05) is 32.3 Å². The highest BCUT2D eigenvalue weighted by Gasteiger charge is 2.04. The molecule has 1 amide bonds. The molecular weight excluding hydrogens is 281 g/mol. The van der Waals surface area contributed by atoms with E-state index < -0.39 is 0 Å². The quantitative estimate of drug-likeness (QED) is 0.510. The fraction of sp³-hybridized carbons (Fsp3) is 0.385. The summed E-state index contributed by atoms with van der Waals surface area (Å²) in [6.07, 6.45) is 0. The number of hydrogen-bond donors (Lipinski definition) is 3. The van der Waals surface area contributed by atoms with E-state index in [9.17, 15) is 9.18 Å². The van der Waals surface area contributed by atoms with Crippen molar-refractivity contribution < 1.29 is 13.9 Å². The first-order chi connectivity index (χ1) is 9.63. The minimum Gasteiger partial charge on any atom is -0.383 e. The minimum atomic E-state index is -0.365. The maximum Gasteiger partial charge on any atom is 0.251 e. The lowest BCUT2D eigenvalue weighted by molar-refractivity contribution is 0.0954. The summed E-state index contributed by atoms with van der Waals surface area (Å²) >= 11 is 5.02. The standard InChI is InChI=1S/C13H18FN3O2S/c1-19-9-8-17-13(20)16-7-6-15-12(18)10-2-4-11(14)5-3-10/h2-5H,6-9H2,1H3,(H,15,18)(H2,16,17,20). The van der Waals surface area contributed by atoms with Gasteiger partial charge in [0.05, 0.1) is 6.61 Å². The third-order valence-corrected chi connectivity index (χ3v) is 2.68. The monoisotopic (exact) mass is 299 g/mol. The van der Waals surface area contributed by atoms with E-state index in [-0.39, 0.29) is 11.7 Å². The first-order valence-electron chi connectivity index (χ1n) is 6.18. The maximum atomic E-state index is 12.7. The van der Waals surface area contributed by atoms with Crippen molar-refractivity contribution in [2.75, 3.05) is 33.4 Å². The van der Waals surface area contributed by atoms with E-state index in [1.165, 1.54) is 24.3 Å². The van der Waals surface area contributed by atoms with Crippen molar-refractivity contribution in [3.05, 3.63) is 35.6 Å². The SMILES string of the molecule is COCCNC(=S)NCCNC(=O)c1ccc(F)cc1. The van der Waals surface area contributed by atoms with Crippen LogP contribution in [-0.2, 0) is 4.74 Å². The van der Waals surface area contributed by atoms with Crippen molar-refractivity contribution >= 4 is 23.2 Å². The van der Waals surface area contributed by atoms with Crippen LogP contribution in [0.2, 0.25) is 0 Å². The molecule has 7 heteroatoms. The summed E-state index contributed by atoms with van der Waals surface area (Å²) in [7, 11) is 1.61. The lowest BCUT2D eigenvalue weighted by atomic mass is 10.2. The number of rotatable bonds is 7. The highest BCUT2D eigenvalue weighted by molar-refractivity contribution is 7.80. The molecule has 0 saturated carbocycles. The second kappa shape index (κ2) is 9.22. The molecule has 0 fully saturated rings. The normalized spacial score (nSPS) is 9.90. The number of ether oxygens (including phenoxy) is 1. The topological polar surface area (TPSA) is 62.4 Å². The van der Waals surface area contributed by atoms with E-state index in [2.05, 4.69) is 16.0 Å². The fourth-order valence-corrected chi connectivity index (χ4v) is 1.59. The Hall–Kier alpha value is -1.73. The number of halogens is 1. The second-order valence-electron chi connectivity index (χ2n) is 3.94. The summed E-state index contributed by atoms with van der Waals surface area (Å²) in [4.78, 5) is 11.7. The molecule has 0 unspecified atom stereocenters. The predicted molar refractivity (Wildman–Crippen MR) is 79.2 cm³/mol. The van der Waals surface area contributed by atoms with Crippen LogP contribution in [-0.4, -0.2) is 44.4 Å². The summed E-state index contributed by atoms with van der Waals surface area (Å²) in [6, 6.07) is 5.38. The van der Waals surface area contributed by atoms with Crippen LogP contribution in [0.1, 0.15) is 10.4 Å². The molecule has 1 rings (SSSR count). The number of benzene rings is 1. The summed E-state index contributed by atoms with van der Waals surface area (Å²) in [5.74, 6) is -0.610. The predicted octanol–water partition coefficient (Wildman–Crippen LogP) is 0.666. The van der Waals surface area contributed by atoms with Gasteiger partial charge < -0.3 is 20.7 Å². The first-order valence-corrected chi connectivity index (χ1v) is 6.58. The maximum absolute atomic E-state index is 12.7. The van der Waals surface area contributed by atoms with Crippen molar-refractivity contribution in [3.63, 3.8) is 0 Å². The molecule has 0 aliphatic carbocycles. The van der Waals surface area contributed by atoms with Gasteiger partial charge in [-0.05, 0) is 36.5 Å². The zero-order valence-electron chi connectivity index (χ0n) is 11.2. The molecule has 1 aromatic rings. The molecule has 0 atom stereocenters. The van der Waals surface area contributed by atoms with Crippen LogP contribution >= 0.6 is 12.2 Å². The highest BCUT2D eigenvalue weighted by Crippen LogP contribution is 2.01. The average Bonchev–Trinajstić information content (AvgIpc) is 2.44. The molecule has 1 aromatic carbocycles. The molecule has 110 valence electrons. The van der Waals surface area contributed by atoms with Crippen LogP contribution in [0.4, 0.5) is 4.39 Å². The molecule has 5 nitrogen and oxygen atoms in total. The molecule has 20 heavy (non-hydrogen) atoms. The molecular formula is C13H18FN3O2S. The van der Waals surface area contributed by atoms with Crippen LogP contribution in [0.5, 0.6) is 0 Å². The van der Waals surface area contributed by atoms with Crippen molar-refractivity contribution in [2.45, 2.75) is 0 Å². The Kier molecular flexibility index (Phi) is 7.52. The van der Waals surface area contributed by atoms with Crippen LogP contribution in [0, 0.1) is 5.82 Å². The number of thiocarbonyl (C=S) groups is 1. The lowest BCUT2D eigenvalue weighted by Crippen LogP contribution is -2.41. The van der Waals surface area contributed by atoms with Gasteiger partial charge in [-0.15, -0.1) is 0 Å². The number of amides is 1. The highest BCUT2D eigenvalue weighted by atomic mass is 32.1. The molecule has 3 N–H and O–H groups in total. The van der Waals surface area contributed by atoms with Gasteiger partial charge in [0.1, 0.15) is 5.82 Å². The molecule has 0 aliphatic rings. The molecule has 0 heterocycles. The first kappa shape index (κ1) is 16.3. The Morgan fingerprint density at radius 1 is 1.15 bits per heavy atom. The van der Waals surface area contributed by atoms with Gasteiger partial charge in [-0.25, -0.2) is 4.39 Å². The van der Waals surface area contributed by atoms with E-state index in [0.717, 1.165) is 0 Å². The third-order valence-electron chi connectivity index (χ3n) is 2.39. The van der Waals surface area contributed by atoms with E-state index in [0.29, 0.717) is 36.9 Å². The van der Waals surface area contributed by atoms with Gasteiger partial charge >= 0.3 is 0 Å². The van der Waals surface area contributed by atoms with Gasteiger partial charge in [-0.3, -0.25) is 4.79 Å². The van der Waals surface area contributed by atoms with E-state index in [4.69, 9.17) is 17.0 Å². The average molecular weight is 299 g/mol. The number of methoxy groups -OCH3 is 1. The molecule has 0 aromatic heterocycles. The number of nitrogens with one attached hydrogen (secondary N) is 3. The van der Waals surface area contributed by atoms with Crippen LogP contribution in [0.15, 0.2) is 24.3 Å². The van der Waals surface area contributed by atoms with E-state index in [1.54, 1.807) is 7.11 Å². The summed E-state index contributed by atoms with van der Waals surface area (Å²) in [6.45, 7) is 2.13. The Morgan fingerprint density at radius 3 is 2.40 bits per heavy atom. The number of carbonyl (C=O) groups excluding carboxylic acids is 1. The van der Waals surface area contributed by atoms with E-state index in [1.807, 2.05) is 0 Å². The summed E-state index contributed by atoms with van der Waals surface area (Å²) in [5.41, 5.74) is 0.423. The van der Waals surface area contributed by atoms with Crippen molar-refractivity contribution in [2.24, 2.45) is 0 Å². The van der Waals surface area contributed by atoms with Gasteiger partial charge in [0.2, 0.25) is 0 Å². The zero-order valence-corrected chi connectivity index (χ0v) is 12.1. The zero-order chi connectivity index (χ0) is 14.8. The van der Waals surface area contributed by atoms with Crippen LogP contribution in [0.25, 0.3) is 0 Å². The van der Waals surface area contributed by atoms with Crippen molar-refractivity contribution in [1.29, 1.82) is 0 Å². The fourth-order valence-electron chi connectivity index (χ4n) is 1.38. The molecule has 0 bridgehead atoms. The summed E-state index contributed by atoms with van der Waals surface area (Å²) < 4.78 is 17.6. The Morgan fingerprint density at radius 2 is 1.75 bits per heavy atom. The Labute approximate surface area is 122 Å². The molecule has 0 spiro atoms. The lowest BCUT2D eigenvalue weighted by Gasteiger charge is -2.10. The number of hydrogen-bond acceptors (Lipinski definition) is 3. The Bertz CT molecular complexity index is 440. The number of carbonyl (C=O) groups is 1. The van der Waals surface area contributed by atoms with Gasteiger partial charge in [0.25, 0.3) is 5.91 Å². The minimum absolute atomic E-state index is 0.245. The van der Waals surface area contributed by atoms with Gasteiger partial charge in [-0.2, -0.15) is 0 Å². The van der Waals surface area contributed by atoms with Gasteiger partial charge in [-0.1, -0.05) is 0 Å². The molecule has 0 aliphatic heterocycles. The largest absolute Gasteiger partial charge is 0.383 e. The molecule has 0 saturated heterocycles. The third kappa shape index (κ3) is 6.44. The smallest absolute Gasteiger partial charge is 0.251 e. The van der Waals surface area contributed by atoms with Crippen molar-refractivity contribution in [3.8, 4) is 0 Å². The van der Waals surface area contributed by atoms with E-state index >= 15 is 0 Å².